The fourth-order valence-corrected chi connectivity index (χ4v) is 4.32. The van der Waals surface area contributed by atoms with E-state index in [4.69, 9.17) is 4.74 Å². The second-order valence-corrected chi connectivity index (χ2v) is 8.25. The number of pyridine rings is 2. The van der Waals surface area contributed by atoms with Crippen LogP contribution in [0.4, 0.5) is 19.0 Å². The Balaban J connectivity index is 1.47. The maximum Gasteiger partial charge on any atom is 0.416 e. The Kier molecular flexibility index (Phi) is 5.55. The van der Waals surface area contributed by atoms with E-state index in [2.05, 4.69) is 15.3 Å². The van der Waals surface area contributed by atoms with Gasteiger partial charge in [-0.2, -0.15) is 13.2 Å². The molecule has 0 saturated heterocycles. The van der Waals surface area contributed by atoms with Crippen molar-refractivity contribution in [3.05, 3.63) is 88.7 Å². The molecule has 5 rings (SSSR count). The van der Waals surface area contributed by atoms with E-state index in [0.29, 0.717) is 16.8 Å². The minimum atomic E-state index is -4.54. The third-order valence-corrected chi connectivity index (χ3v) is 6.01. The first-order valence-corrected chi connectivity index (χ1v) is 10.8. The number of amides is 1. The predicted molar refractivity (Wildman–Crippen MR) is 129 cm³/mol. The van der Waals surface area contributed by atoms with Crippen LogP contribution in [-0.4, -0.2) is 29.0 Å². The van der Waals surface area contributed by atoms with Crippen molar-refractivity contribution >= 4 is 40.1 Å². The van der Waals surface area contributed by atoms with E-state index in [-0.39, 0.29) is 11.4 Å². The quantitative estimate of drug-likeness (QED) is 0.361. The van der Waals surface area contributed by atoms with Crippen LogP contribution in [-0.2, 0) is 15.7 Å². The summed E-state index contributed by atoms with van der Waals surface area (Å²) in [6, 6.07) is 12.3. The maximum absolute atomic E-state index is 13.0. The van der Waals surface area contributed by atoms with E-state index in [1.54, 1.807) is 30.5 Å². The maximum atomic E-state index is 13.0. The van der Waals surface area contributed by atoms with Gasteiger partial charge in [0, 0.05) is 39.9 Å². The highest BCUT2D eigenvalue weighted by atomic mass is 19.4. The lowest BCUT2D eigenvalue weighted by Crippen LogP contribution is -2.14. The van der Waals surface area contributed by atoms with Gasteiger partial charge in [-0.3, -0.25) is 9.78 Å². The summed E-state index contributed by atoms with van der Waals surface area (Å²) in [4.78, 5) is 33.4. The number of hydrogen-bond donors (Lipinski definition) is 1. The van der Waals surface area contributed by atoms with Crippen LogP contribution in [0.1, 0.15) is 32.6 Å². The number of aryl methyl sites for hydroxylation is 1. The number of hydrogen-bond acceptors (Lipinski definition) is 5. The largest absolute Gasteiger partial charge is 0.465 e. The molecule has 0 fully saturated rings. The van der Waals surface area contributed by atoms with E-state index in [1.807, 2.05) is 25.1 Å². The molecule has 9 heteroatoms. The summed E-state index contributed by atoms with van der Waals surface area (Å²) in [5.74, 6) is -1.22. The monoisotopic (exact) mass is 489 g/mol. The molecule has 2 heterocycles. The minimum absolute atomic E-state index is 0.195. The van der Waals surface area contributed by atoms with Crippen LogP contribution in [0.15, 0.2) is 60.9 Å². The summed E-state index contributed by atoms with van der Waals surface area (Å²) in [6.07, 6.45) is -0.137. The molecule has 6 nitrogen and oxygen atoms in total. The average Bonchev–Trinajstić information content (AvgIpc) is 3.24. The normalized spacial score (nSPS) is 12.4. The molecule has 2 aromatic carbocycles. The van der Waals surface area contributed by atoms with Crippen molar-refractivity contribution < 1.29 is 27.5 Å². The molecular weight excluding hydrogens is 471 g/mol. The number of methoxy groups -OCH3 is 1. The number of carbonyl (C=O) groups is 2. The van der Waals surface area contributed by atoms with Gasteiger partial charge in [-0.05, 0) is 48.4 Å². The lowest BCUT2D eigenvalue weighted by molar-refractivity contribution is -0.137. The molecule has 0 unspecified atom stereocenters. The predicted octanol–water partition coefficient (Wildman–Crippen LogP) is 5.90. The molecule has 0 atom stereocenters. The van der Waals surface area contributed by atoms with Crippen LogP contribution < -0.4 is 5.32 Å². The Hall–Kier alpha value is -4.53. The van der Waals surface area contributed by atoms with Crippen molar-refractivity contribution in [2.75, 3.05) is 12.4 Å². The molecule has 4 aromatic rings. The van der Waals surface area contributed by atoms with Gasteiger partial charge in [0.15, 0.2) is 0 Å². The van der Waals surface area contributed by atoms with Crippen molar-refractivity contribution in [1.82, 2.24) is 9.97 Å². The number of alkyl halides is 3. The van der Waals surface area contributed by atoms with Gasteiger partial charge in [-0.15, -0.1) is 0 Å². The zero-order valence-electron chi connectivity index (χ0n) is 19.1. The van der Waals surface area contributed by atoms with Crippen LogP contribution in [0.25, 0.3) is 33.7 Å². The fourth-order valence-electron chi connectivity index (χ4n) is 4.32. The van der Waals surface area contributed by atoms with Crippen LogP contribution in [0, 0.1) is 6.92 Å². The molecule has 1 N–H and O–H groups in total. The van der Waals surface area contributed by atoms with E-state index < -0.39 is 23.6 Å². The number of benzene rings is 2. The number of carbonyl (C=O) groups excluding carboxylic acids is 2. The highest BCUT2D eigenvalue weighted by Gasteiger charge is 2.31. The Morgan fingerprint density at radius 2 is 1.81 bits per heavy atom. The summed E-state index contributed by atoms with van der Waals surface area (Å²) < 4.78 is 43.8. The fraction of sp³-hybridized carbons (Fsp3) is 0.111. The van der Waals surface area contributed by atoms with Crippen LogP contribution in [0.2, 0.25) is 0 Å². The summed E-state index contributed by atoms with van der Waals surface area (Å²) in [7, 11) is 1.33. The number of aromatic nitrogens is 2. The zero-order chi connectivity index (χ0) is 25.6. The van der Waals surface area contributed by atoms with Gasteiger partial charge in [0.25, 0.3) is 5.91 Å². The number of nitrogens with zero attached hydrogens (tertiary/aromatic N) is 2. The van der Waals surface area contributed by atoms with E-state index in [0.717, 1.165) is 45.8 Å². The van der Waals surface area contributed by atoms with Crippen molar-refractivity contribution in [2.45, 2.75) is 13.1 Å². The minimum Gasteiger partial charge on any atom is -0.465 e. The van der Waals surface area contributed by atoms with Gasteiger partial charge < -0.3 is 10.1 Å². The number of rotatable bonds is 4. The summed E-state index contributed by atoms with van der Waals surface area (Å²) in [5.41, 5.74) is 3.57. The van der Waals surface area contributed by atoms with Gasteiger partial charge in [-0.25, -0.2) is 9.78 Å². The third-order valence-electron chi connectivity index (χ3n) is 6.01. The summed E-state index contributed by atoms with van der Waals surface area (Å²) in [5, 5.41) is 4.14. The smallest absolute Gasteiger partial charge is 0.416 e. The lowest BCUT2D eigenvalue weighted by Gasteiger charge is -2.13. The van der Waals surface area contributed by atoms with Gasteiger partial charge >= 0.3 is 12.1 Å². The molecular formula is C27H18F3N3O3. The van der Waals surface area contributed by atoms with Gasteiger partial charge in [0.2, 0.25) is 0 Å². The molecule has 1 aliphatic carbocycles. The summed E-state index contributed by atoms with van der Waals surface area (Å²) in [6.45, 7) is 1.82. The molecule has 0 bridgehead atoms. The van der Waals surface area contributed by atoms with Crippen molar-refractivity contribution in [3.63, 3.8) is 0 Å². The molecule has 2 aromatic heterocycles. The molecule has 180 valence electrons. The van der Waals surface area contributed by atoms with Gasteiger partial charge in [-0.1, -0.05) is 24.3 Å². The van der Waals surface area contributed by atoms with Gasteiger partial charge in [0.1, 0.15) is 5.82 Å². The van der Waals surface area contributed by atoms with E-state index in [1.165, 1.54) is 7.11 Å². The first kappa shape index (κ1) is 23.2. The van der Waals surface area contributed by atoms with Crippen molar-refractivity contribution in [3.8, 4) is 11.3 Å². The molecule has 1 aliphatic rings. The van der Waals surface area contributed by atoms with Crippen LogP contribution in [0.5, 0.6) is 0 Å². The SMILES string of the molecule is COC(=O)C1=Cc2cccc3c(-c4ccc(C(=O)Nc5cc(C(F)(F)F)ccn5)cc4C)ncc1c23. The molecule has 0 spiro atoms. The summed E-state index contributed by atoms with van der Waals surface area (Å²) >= 11 is 0. The van der Waals surface area contributed by atoms with Gasteiger partial charge in [0.05, 0.1) is 23.9 Å². The van der Waals surface area contributed by atoms with Crippen molar-refractivity contribution in [1.29, 1.82) is 0 Å². The van der Waals surface area contributed by atoms with Crippen LogP contribution in [0.3, 0.4) is 0 Å². The number of ether oxygens (including phenoxy) is 1. The molecule has 0 aliphatic heterocycles. The average molecular weight is 489 g/mol. The number of nitrogens with one attached hydrogen (secondary N) is 1. The molecule has 0 radical (unpaired) electrons. The van der Waals surface area contributed by atoms with E-state index >= 15 is 0 Å². The number of halogens is 3. The molecule has 1 amide bonds. The zero-order valence-corrected chi connectivity index (χ0v) is 19.1. The Morgan fingerprint density at radius 3 is 2.53 bits per heavy atom. The van der Waals surface area contributed by atoms with Crippen LogP contribution >= 0.6 is 0 Å². The molecule has 36 heavy (non-hydrogen) atoms. The number of anilines is 1. The Bertz CT molecular complexity index is 1590. The first-order valence-electron chi connectivity index (χ1n) is 10.8. The number of esters is 1. The topological polar surface area (TPSA) is 81.2 Å². The lowest BCUT2D eigenvalue weighted by atomic mass is 9.95. The Labute approximate surface area is 203 Å². The first-order chi connectivity index (χ1) is 17.2. The van der Waals surface area contributed by atoms with E-state index in [9.17, 15) is 22.8 Å². The molecule has 0 saturated carbocycles. The highest BCUT2D eigenvalue weighted by Crippen LogP contribution is 2.40. The Morgan fingerprint density at radius 1 is 1.00 bits per heavy atom. The third kappa shape index (κ3) is 3.98. The second kappa shape index (κ2) is 8.60. The standard InChI is InChI=1S/C27H18F3N3O3/c1-14-10-16(25(34)33-22-12-17(8-9-31-22)27(28,29)30)6-7-18(14)24-19-5-3-4-15-11-20(26(35)36-2)21(13-32-24)23(15)19/h3-13H,1-2H3,(H,31,33,34). The van der Waals surface area contributed by atoms with Crippen molar-refractivity contribution in [2.24, 2.45) is 0 Å². The second-order valence-electron chi connectivity index (χ2n) is 8.25. The highest BCUT2D eigenvalue weighted by molar-refractivity contribution is 6.30.